The highest BCUT2D eigenvalue weighted by Gasteiger charge is 2.24. The summed E-state index contributed by atoms with van der Waals surface area (Å²) < 4.78 is 4.84. The second kappa shape index (κ2) is 6.48. The fourth-order valence-corrected chi connectivity index (χ4v) is 1.37. The van der Waals surface area contributed by atoms with Gasteiger partial charge in [0.05, 0.1) is 19.7 Å². The summed E-state index contributed by atoms with van der Waals surface area (Å²) in [5.41, 5.74) is 0. The molecule has 92 valence electrons. The molecule has 0 unspecified atom stereocenters. The van der Waals surface area contributed by atoms with Gasteiger partial charge in [0, 0.05) is 6.04 Å². The standard InChI is InChI=1S/C11H20N2O3/c1-3-13(8-11(15)16-4-2)7-10(14)12-9-5-6-9/h9H,3-8H2,1-2H3,(H,12,14). The lowest BCUT2D eigenvalue weighted by Crippen LogP contribution is -2.40. The third kappa shape index (κ3) is 5.11. The van der Waals surface area contributed by atoms with Crippen molar-refractivity contribution in [3.63, 3.8) is 0 Å². The van der Waals surface area contributed by atoms with E-state index in [4.69, 9.17) is 4.74 Å². The lowest BCUT2D eigenvalue weighted by molar-refractivity contribution is -0.144. The van der Waals surface area contributed by atoms with E-state index in [1.54, 1.807) is 11.8 Å². The number of amides is 1. The Kier molecular flexibility index (Phi) is 5.25. The quantitative estimate of drug-likeness (QED) is 0.630. The minimum Gasteiger partial charge on any atom is -0.465 e. The molecule has 0 aliphatic heterocycles. The fourth-order valence-electron chi connectivity index (χ4n) is 1.37. The minimum atomic E-state index is -0.274. The predicted molar refractivity (Wildman–Crippen MR) is 59.9 cm³/mol. The van der Waals surface area contributed by atoms with Crippen LogP contribution in [0.4, 0.5) is 0 Å². The summed E-state index contributed by atoms with van der Waals surface area (Å²) in [6.45, 7) is 5.19. The number of likely N-dealkylation sites (N-methyl/N-ethyl adjacent to an activating group) is 1. The summed E-state index contributed by atoms with van der Waals surface area (Å²) in [6.07, 6.45) is 2.16. The SMILES string of the molecule is CCOC(=O)CN(CC)CC(=O)NC1CC1. The van der Waals surface area contributed by atoms with E-state index < -0.39 is 0 Å². The van der Waals surface area contributed by atoms with E-state index in [2.05, 4.69) is 5.32 Å². The predicted octanol–water partition coefficient (Wildman–Crippen LogP) is 0.150. The monoisotopic (exact) mass is 228 g/mol. The second-order valence-electron chi connectivity index (χ2n) is 3.95. The Morgan fingerprint density at radius 2 is 2.00 bits per heavy atom. The van der Waals surface area contributed by atoms with Crippen molar-refractivity contribution in [1.82, 2.24) is 10.2 Å². The first-order chi connectivity index (χ1) is 7.65. The third-order valence-electron chi connectivity index (χ3n) is 2.41. The molecule has 1 fully saturated rings. The Balaban J connectivity index is 2.23. The Hall–Kier alpha value is -1.10. The number of rotatable bonds is 7. The van der Waals surface area contributed by atoms with Crippen molar-refractivity contribution in [2.75, 3.05) is 26.2 Å². The summed E-state index contributed by atoms with van der Waals surface area (Å²) in [5, 5.41) is 2.89. The Morgan fingerprint density at radius 3 is 2.50 bits per heavy atom. The van der Waals surface area contributed by atoms with Crippen LogP contribution in [0, 0.1) is 0 Å². The van der Waals surface area contributed by atoms with Crippen LogP contribution in [0.3, 0.4) is 0 Å². The molecule has 5 heteroatoms. The molecule has 0 radical (unpaired) electrons. The van der Waals surface area contributed by atoms with Crippen LogP contribution < -0.4 is 5.32 Å². The van der Waals surface area contributed by atoms with Gasteiger partial charge in [0.1, 0.15) is 0 Å². The molecule has 1 amide bonds. The number of esters is 1. The average molecular weight is 228 g/mol. The zero-order valence-electron chi connectivity index (χ0n) is 9.99. The van der Waals surface area contributed by atoms with Crippen LogP contribution in [-0.4, -0.2) is 49.1 Å². The molecular formula is C11H20N2O3. The van der Waals surface area contributed by atoms with Gasteiger partial charge in [0.2, 0.25) is 5.91 Å². The maximum absolute atomic E-state index is 11.5. The number of nitrogens with one attached hydrogen (secondary N) is 1. The van der Waals surface area contributed by atoms with E-state index in [1.807, 2.05) is 6.92 Å². The number of hydrogen-bond acceptors (Lipinski definition) is 4. The molecule has 1 aliphatic carbocycles. The molecule has 1 saturated carbocycles. The van der Waals surface area contributed by atoms with Crippen molar-refractivity contribution >= 4 is 11.9 Å². The Bertz CT molecular complexity index is 252. The van der Waals surface area contributed by atoms with Gasteiger partial charge in [0.15, 0.2) is 0 Å². The Morgan fingerprint density at radius 1 is 1.31 bits per heavy atom. The highest BCUT2D eigenvalue weighted by Crippen LogP contribution is 2.18. The normalized spacial score (nSPS) is 14.9. The van der Waals surface area contributed by atoms with Gasteiger partial charge in [-0.05, 0) is 26.3 Å². The molecule has 5 nitrogen and oxygen atoms in total. The molecule has 0 spiro atoms. The molecule has 0 aromatic heterocycles. The van der Waals surface area contributed by atoms with Crippen LogP contribution in [0.5, 0.6) is 0 Å². The molecular weight excluding hydrogens is 208 g/mol. The zero-order valence-corrected chi connectivity index (χ0v) is 9.99. The Labute approximate surface area is 96.1 Å². The number of nitrogens with zero attached hydrogens (tertiary/aromatic N) is 1. The van der Waals surface area contributed by atoms with Gasteiger partial charge in [-0.25, -0.2) is 0 Å². The largest absolute Gasteiger partial charge is 0.465 e. The van der Waals surface area contributed by atoms with Crippen LogP contribution in [0.1, 0.15) is 26.7 Å². The summed E-state index contributed by atoms with van der Waals surface area (Å²) in [6, 6.07) is 0.369. The van der Waals surface area contributed by atoms with Crippen molar-refractivity contribution in [2.24, 2.45) is 0 Å². The number of hydrogen-bond donors (Lipinski definition) is 1. The van der Waals surface area contributed by atoms with Gasteiger partial charge in [-0.1, -0.05) is 6.92 Å². The molecule has 0 saturated heterocycles. The summed E-state index contributed by atoms with van der Waals surface area (Å²) >= 11 is 0. The molecule has 0 aromatic rings. The fraction of sp³-hybridized carbons (Fsp3) is 0.818. The lowest BCUT2D eigenvalue weighted by atomic mass is 10.4. The van der Waals surface area contributed by atoms with Crippen molar-refractivity contribution in [1.29, 1.82) is 0 Å². The first-order valence-corrected chi connectivity index (χ1v) is 5.83. The molecule has 1 aliphatic rings. The first kappa shape index (κ1) is 13.0. The molecule has 16 heavy (non-hydrogen) atoms. The van der Waals surface area contributed by atoms with Crippen LogP contribution in [0.25, 0.3) is 0 Å². The van der Waals surface area contributed by atoms with E-state index >= 15 is 0 Å². The summed E-state index contributed by atoms with van der Waals surface area (Å²) in [5.74, 6) is -0.280. The van der Waals surface area contributed by atoms with Gasteiger partial charge >= 0.3 is 5.97 Å². The van der Waals surface area contributed by atoms with Gasteiger partial charge in [-0.15, -0.1) is 0 Å². The van der Waals surface area contributed by atoms with Crippen molar-refractivity contribution in [3.05, 3.63) is 0 Å². The molecule has 1 N–H and O–H groups in total. The molecule has 0 bridgehead atoms. The van der Waals surface area contributed by atoms with Gasteiger partial charge in [-0.3, -0.25) is 14.5 Å². The highest BCUT2D eigenvalue weighted by molar-refractivity contribution is 5.79. The van der Waals surface area contributed by atoms with Crippen LogP contribution >= 0.6 is 0 Å². The van der Waals surface area contributed by atoms with Gasteiger partial charge < -0.3 is 10.1 Å². The van der Waals surface area contributed by atoms with E-state index in [0.717, 1.165) is 12.8 Å². The smallest absolute Gasteiger partial charge is 0.320 e. The van der Waals surface area contributed by atoms with Crippen LogP contribution in [0.2, 0.25) is 0 Å². The van der Waals surface area contributed by atoms with E-state index in [1.165, 1.54) is 0 Å². The lowest BCUT2D eigenvalue weighted by Gasteiger charge is -2.18. The summed E-state index contributed by atoms with van der Waals surface area (Å²) in [7, 11) is 0. The van der Waals surface area contributed by atoms with Gasteiger partial charge in [-0.2, -0.15) is 0 Å². The van der Waals surface area contributed by atoms with E-state index in [9.17, 15) is 9.59 Å². The molecule has 0 aromatic carbocycles. The van der Waals surface area contributed by atoms with Crippen LogP contribution in [-0.2, 0) is 14.3 Å². The van der Waals surface area contributed by atoms with Crippen molar-refractivity contribution in [3.8, 4) is 0 Å². The maximum Gasteiger partial charge on any atom is 0.320 e. The highest BCUT2D eigenvalue weighted by atomic mass is 16.5. The summed E-state index contributed by atoms with van der Waals surface area (Å²) in [4.78, 5) is 24.5. The number of ether oxygens (including phenoxy) is 1. The van der Waals surface area contributed by atoms with Crippen molar-refractivity contribution in [2.45, 2.75) is 32.7 Å². The molecule has 0 heterocycles. The van der Waals surface area contributed by atoms with Crippen LogP contribution in [0.15, 0.2) is 0 Å². The van der Waals surface area contributed by atoms with Crippen molar-refractivity contribution < 1.29 is 14.3 Å². The maximum atomic E-state index is 11.5. The minimum absolute atomic E-state index is 0.00588. The first-order valence-electron chi connectivity index (χ1n) is 5.83. The second-order valence-corrected chi connectivity index (χ2v) is 3.95. The molecule has 0 atom stereocenters. The van der Waals surface area contributed by atoms with E-state index in [-0.39, 0.29) is 25.0 Å². The number of carbonyl (C=O) groups is 2. The third-order valence-corrected chi connectivity index (χ3v) is 2.41. The topological polar surface area (TPSA) is 58.6 Å². The zero-order chi connectivity index (χ0) is 12.0. The number of carbonyl (C=O) groups excluding carboxylic acids is 2. The molecule has 1 rings (SSSR count). The van der Waals surface area contributed by atoms with Gasteiger partial charge in [0.25, 0.3) is 0 Å². The van der Waals surface area contributed by atoms with E-state index in [0.29, 0.717) is 19.2 Å². The average Bonchev–Trinajstić information content (AvgIpc) is 3.00.